The summed E-state index contributed by atoms with van der Waals surface area (Å²) in [7, 11) is 1.38. The van der Waals surface area contributed by atoms with E-state index in [1.54, 1.807) is 6.92 Å². The number of benzene rings is 2. The molecule has 8 heteroatoms. The average Bonchev–Trinajstić information content (AvgIpc) is 3.13. The molecule has 33 heavy (non-hydrogen) atoms. The van der Waals surface area contributed by atoms with Crippen molar-refractivity contribution < 1.29 is 29.0 Å². The Bertz CT molecular complexity index is 962. The van der Waals surface area contributed by atoms with Gasteiger partial charge in [-0.05, 0) is 35.6 Å². The maximum Gasteiger partial charge on any atom is 0.407 e. The van der Waals surface area contributed by atoms with Gasteiger partial charge in [0.05, 0.1) is 6.10 Å². The van der Waals surface area contributed by atoms with Gasteiger partial charge in [-0.25, -0.2) is 9.59 Å². The molecule has 1 aliphatic rings. The van der Waals surface area contributed by atoms with Crippen LogP contribution in [-0.2, 0) is 19.1 Å². The monoisotopic (exact) mass is 454 g/mol. The molecule has 0 radical (unpaired) electrons. The fourth-order valence-electron chi connectivity index (χ4n) is 4.08. The minimum Gasteiger partial charge on any atom is -0.480 e. The molecular weight excluding hydrogens is 424 g/mol. The molecule has 8 nitrogen and oxygen atoms in total. The van der Waals surface area contributed by atoms with Gasteiger partial charge in [-0.1, -0.05) is 55.5 Å². The van der Waals surface area contributed by atoms with Gasteiger partial charge in [-0.3, -0.25) is 4.79 Å². The van der Waals surface area contributed by atoms with E-state index in [1.807, 2.05) is 43.3 Å². The molecule has 0 saturated heterocycles. The molecule has 0 saturated carbocycles. The van der Waals surface area contributed by atoms with Crippen LogP contribution in [0.2, 0.25) is 0 Å². The fourth-order valence-corrected chi connectivity index (χ4v) is 4.08. The Hall–Kier alpha value is -3.39. The van der Waals surface area contributed by atoms with E-state index >= 15 is 0 Å². The van der Waals surface area contributed by atoms with Gasteiger partial charge >= 0.3 is 12.1 Å². The second-order valence-electron chi connectivity index (χ2n) is 8.10. The number of amides is 2. The highest BCUT2D eigenvalue weighted by Crippen LogP contribution is 2.44. The van der Waals surface area contributed by atoms with Gasteiger partial charge in [0.1, 0.15) is 6.61 Å². The quantitative estimate of drug-likeness (QED) is 0.508. The zero-order valence-corrected chi connectivity index (χ0v) is 19.0. The number of aliphatic carboxylic acids is 1. The summed E-state index contributed by atoms with van der Waals surface area (Å²) in [4.78, 5) is 36.2. The molecular formula is C25H30N2O6. The zero-order chi connectivity index (χ0) is 24.0. The number of rotatable bonds is 10. The number of ether oxygens (including phenoxy) is 2. The van der Waals surface area contributed by atoms with E-state index in [-0.39, 0.29) is 18.9 Å². The van der Waals surface area contributed by atoms with Crippen LogP contribution in [0.3, 0.4) is 0 Å². The Morgan fingerprint density at radius 2 is 1.58 bits per heavy atom. The summed E-state index contributed by atoms with van der Waals surface area (Å²) in [5.41, 5.74) is 4.52. The Morgan fingerprint density at radius 1 is 1.00 bits per heavy atom. The number of hydrogen-bond donors (Lipinski definition) is 3. The van der Waals surface area contributed by atoms with Crippen molar-refractivity contribution in [3.8, 4) is 11.1 Å². The summed E-state index contributed by atoms with van der Waals surface area (Å²) in [6, 6.07) is 14.5. The lowest BCUT2D eigenvalue weighted by Gasteiger charge is -2.22. The minimum atomic E-state index is -1.18. The highest BCUT2D eigenvalue weighted by Gasteiger charge is 2.30. The lowest BCUT2D eigenvalue weighted by Crippen LogP contribution is -2.50. The number of carbonyl (C=O) groups is 3. The lowest BCUT2D eigenvalue weighted by atomic mass is 9.98. The molecule has 3 N–H and O–H groups in total. The number of hydrogen-bond acceptors (Lipinski definition) is 5. The number of methoxy groups -OCH3 is 1. The van der Waals surface area contributed by atoms with E-state index in [2.05, 4.69) is 22.8 Å². The predicted molar refractivity (Wildman–Crippen MR) is 123 cm³/mol. The van der Waals surface area contributed by atoms with Crippen molar-refractivity contribution in [2.75, 3.05) is 13.7 Å². The summed E-state index contributed by atoms with van der Waals surface area (Å²) < 4.78 is 10.5. The van der Waals surface area contributed by atoms with E-state index in [1.165, 1.54) is 7.11 Å². The zero-order valence-electron chi connectivity index (χ0n) is 19.0. The molecule has 2 amide bonds. The van der Waals surface area contributed by atoms with Gasteiger partial charge < -0.3 is 25.2 Å². The second kappa shape index (κ2) is 11.0. The van der Waals surface area contributed by atoms with Crippen molar-refractivity contribution in [3.05, 3.63) is 59.7 Å². The van der Waals surface area contributed by atoms with Gasteiger partial charge in [0.25, 0.3) is 0 Å². The minimum absolute atomic E-state index is 0.0571. The third kappa shape index (κ3) is 5.70. The number of carboxylic acid groups (broad SMARTS) is 1. The molecule has 0 fully saturated rings. The van der Waals surface area contributed by atoms with Crippen molar-refractivity contribution in [3.63, 3.8) is 0 Å². The maximum absolute atomic E-state index is 12.5. The molecule has 0 heterocycles. The Balaban J connectivity index is 1.57. The summed E-state index contributed by atoms with van der Waals surface area (Å²) in [6.45, 7) is 3.56. The van der Waals surface area contributed by atoms with Crippen molar-refractivity contribution in [2.24, 2.45) is 0 Å². The van der Waals surface area contributed by atoms with E-state index in [0.29, 0.717) is 6.42 Å². The van der Waals surface area contributed by atoms with E-state index < -0.39 is 36.2 Å². The highest BCUT2D eigenvalue weighted by molar-refractivity contribution is 5.84. The van der Waals surface area contributed by atoms with E-state index in [4.69, 9.17) is 9.47 Å². The van der Waals surface area contributed by atoms with Crippen LogP contribution in [0.25, 0.3) is 11.1 Å². The molecule has 3 atom stereocenters. The van der Waals surface area contributed by atoms with Crippen LogP contribution in [0, 0.1) is 0 Å². The van der Waals surface area contributed by atoms with Gasteiger partial charge in [-0.15, -0.1) is 0 Å². The molecule has 0 unspecified atom stereocenters. The van der Waals surface area contributed by atoms with Crippen molar-refractivity contribution >= 4 is 18.0 Å². The van der Waals surface area contributed by atoms with Crippen LogP contribution in [-0.4, -0.2) is 55.0 Å². The van der Waals surface area contributed by atoms with Gasteiger partial charge in [0.2, 0.25) is 5.91 Å². The van der Waals surface area contributed by atoms with E-state index in [9.17, 15) is 19.5 Å². The first kappa shape index (κ1) is 24.3. The average molecular weight is 455 g/mol. The molecule has 1 aliphatic carbocycles. The number of nitrogens with one attached hydrogen (secondary N) is 2. The second-order valence-corrected chi connectivity index (χ2v) is 8.10. The van der Waals surface area contributed by atoms with Crippen LogP contribution in [0.15, 0.2) is 48.5 Å². The molecule has 0 aromatic heterocycles. The first-order valence-corrected chi connectivity index (χ1v) is 11.0. The van der Waals surface area contributed by atoms with Crippen LogP contribution in [0.5, 0.6) is 0 Å². The third-order valence-corrected chi connectivity index (χ3v) is 6.01. The molecule has 0 bridgehead atoms. The Morgan fingerprint density at radius 3 is 2.09 bits per heavy atom. The highest BCUT2D eigenvalue weighted by atomic mass is 16.5. The molecule has 0 spiro atoms. The SMILES string of the molecule is CC[C@@H](CC(=O)N[C@H](C(=O)O)[C@@H](C)OC)NC(=O)OCC1c2ccccc2-c2ccccc21. The van der Waals surface area contributed by atoms with Crippen molar-refractivity contribution in [2.45, 2.75) is 50.8 Å². The fraction of sp³-hybridized carbons (Fsp3) is 0.400. The summed E-state index contributed by atoms with van der Waals surface area (Å²) in [5, 5.41) is 14.5. The first-order chi connectivity index (χ1) is 15.8. The van der Waals surface area contributed by atoms with Crippen molar-refractivity contribution in [1.29, 1.82) is 0 Å². The van der Waals surface area contributed by atoms with Crippen LogP contribution in [0.4, 0.5) is 4.79 Å². The molecule has 0 aliphatic heterocycles. The lowest BCUT2D eigenvalue weighted by molar-refractivity contribution is -0.145. The molecule has 2 aromatic carbocycles. The maximum atomic E-state index is 12.5. The number of alkyl carbamates (subject to hydrolysis) is 1. The van der Waals surface area contributed by atoms with Gasteiger partial charge in [-0.2, -0.15) is 0 Å². The van der Waals surface area contributed by atoms with Gasteiger partial charge in [0, 0.05) is 25.5 Å². The smallest absolute Gasteiger partial charge is 0.407 e. The van der Waals surface area contributed by atoms with Crippen molar-refractivity contribution in [1.82, 2.24) is 10.6 Å². The number of carbonyl (C=O) groups excluding carboxylic acids is 2. The van der Waals surface area contributed by atoms with Crippen LogP contribution in [0.1, 0.15) is 43.7 Å². The largest absolute Gasteiger partial charge is 0.480 e. The molecule has 3 rings (SSSR count). The normalized spacial score (nSPS) is 15.0. The topological polar surface area (TPSA) is 114 Å². The molecule has 2 aromatic rings. The van der Waals surface area contributed by atoms with Crippen LogP contribution < -0.4 is 10.6 Å². The number of fused-ring (bicyclic) bond motifs is 3. The van der Waals surface area contributed by atoms with E-state index in [0.717, 1.165) is 22.3 Å². The Kier molecular flexibility index (Phi) is 8.06. The summed E-state index contributed by atoms with van der Waals surface area (Å²) >= 11 is 0. The first-order valence-electron chi connectivity index (χ1n) is 11.0. The van der Waals surface area contributed by atoms with Gasteiger partial charge in [0.15, 0.2) is 6.04 Å². The third-order valence-electron chi connectivity index (χ3n) is 6.01. The van der Waals surface area contributed by atoms with Crippen LogP contribution >= 0.6 is 0 Å². The molecule has 176 valence electrons. The standard InChI is InChI=1S/C25H30N2O6/c1-4-16(13-22(28)27-23(24(29)30)15(2)32-3)26-25(31)33-14-21-19-11-7-5-9-17(19)18-10-6-8-12-20(18)21/h5-12,15-16,21,23H,4,13-14H2,1-3H3,(H,26,31)(H,27,28)(H,29,30)/t15-,16+,23+/m1/s1. The summed E-state index contributed by atoms with van der Waals surface area (Å²) in [5.74, 6) is -1.73. The predicted octanol–water partition coefficient (Wildman–Crippen LogP) is 3.30. The Labute approximate surface area is 193 Å². The number of carboxylic acids is 1. The summed E-state index contributed by atoms with van der Waals surface area (Å²) in [6.07, 6.45) is -0.894.